The molecule has 0 aromatic rings. The van der Waals surface area contributed by atoms with Gasteiger partial charge in [0.15, 0.2) is 11.6 Å². The normalized spacial score (nSPS) is 10.7. The average Bonchev–Trinajstić information content (AvgIpc) is 1.79. The van der Waals surface area contributed by atoms with Gasteiger partial charge in [0, 0.05) is 0 Å². The molecule has 80 valence electrons. The van der Waals surface area contributed by atoms with Crippen LogP contribution in [-0.4, -0.2) is 60.4 Å². The molecule has 5 heteroatoms. The molecule has 0 bridgehead atoms. The molecule has 4 nitrogen and oxygen atoms in total. The molecule has 0 aromatic carbocycles. The van der Waals surface area contributed by atoms with E-state index in [1.54, 1.807) is 0 Å². The first kappa shape index (κ1) is 20.4. The van der Waals surface area contributed by atoms with Crippen LogP contribution < -0.4 is 10.2 Å². The molecular weight excluding hydrogens is 321 g/mol. The standard InChI is InChI=1S/2C5H8O2.Ba/c2*1-4(6)3-5(2)7;/h2*3,6H,1-2H3;/q;;+2/p-2/b4-3+;4-3-;. The Bertz CT molecular complexity index is 231. The quantitative estimate of drug-likeness (QED) is 0.380. The molecule has 0 unspecified atom stereocenters. The molecule has 0 aromatic heterocycles. The molecule has 0 heterocycles. The van der Waals surface area contributed by atoms with Gasteiger partial charge in [-0.05, 0) is 26.0 Å². The van der Waals surface area contributed by atoms with Crippen LogP contribution in [0.4, 0.5) is 0 Å². The van der Waals surface area contributed by atoms with E-state index in [1.165, 1.54) is 27.7 Å². The molecule has 0 fully saturated rings. The third-order valence-electron chi connectivity index (χ3n) is 0.813. The number of ketones is 2. The van der Waals surface area contributed by atoms with Crippen molar-refractivity contribution in [3.63, 3.8) is 0 Å². The molecule has 0 radical (unpaired) electrons. The Balaban J connectivity index is -0.000000180. The summed E-state index contributed by atoms with van der Waals surface area (Å²) in [4.78, 5) is 20.0. The molecule has 0 atom stereocenters. The Kier molecular flexibility index (Phi) is 16.4. The van der Waals surface area contributed by atoms with Gasteiger partial charge in [-0.15, -0.1) is 11.5 Å². The summed E-state index contributed by atoms with van der Waals surface area (Å²) in [6.45, 7) is 5.39. The largest absolute Gasteiger partial charge is 2.00 e. The average molecular weight is 336 g/mol. The van der Waals surface area contributed by atoms with Gasteiger partial charge in [-0.2, -0.15) is 0 Å². The number of hydrogen-bond acceptors (Lipinski definition) is 4. The first-order chi connectivity index (χ1) is 6.25. The summed E-state index contributed by atoms with van der Waals surface area (Å²) in [7, 11) is 0. The zero-order valence-corrected chi connectivity index (χ0v) is 13.9. The Morgan fingerprint density at radius 3 is 1.00 bits per heavy atom. The third-order valence-corrected chi connectivity index (χ3v) is 0.813. The van der Waals surface area contributed by atoms with E-state index in [9.17, 15) is 19.8 Å². The summed E-state index contributed by atoms with van der Waals surface area (Å²) in [5.74, 6) is -0.750. The van der Waals surface area contributed by atoms with E-state index in [2.05, 4.69) is 0 Å². The summed E-state index contributed by atoms with van der Waals surface area (Å²) in [5.41, 5.74) is 0. The van der Waals surface area contributed by atoms with Crippen LogP contribution in [0.2, 0.25) is 0 Å². The van der Waals surface area contributed by atoms with Crippen molar-refractivity contribution in [2.45, 2.75) is 27.7 Å². The second-order valence-corrected chi connectivity index (χ2v) is 2.73. The van der Waals surface area contributed by atoms with E-state index in [0.29, 0.717) is 0 Å². The smallest absolute Gasteiger partial charge is 0.876 e. The van der Waals surface area contributed by atoms with Crippen LogP contribution in [0.15, 0.2) is 23.7 Å². The topological polar surface area (TPSA) is 80.3 Å². The fourth-order valence-corrected chi connectivity index (χ4v) is 0.572. The van der Waals surface area contributed by atoms with E-state index in [1.807, 2.05) is 0 Å². The monoisotopic (exact) mass is 336 g/mol. The Morgan fingerprint density at radius 1 is 0.800 bits per heavy atom. The van der Waals surface area contributed by atoms with Crippen molar-refractivity contribution >= 4 is 60.4 Å². The maximum Gasteiger partial charge on any atom is 2.00 e. The van der Waals surface area contributed by atoms with Crippen LogP contribution in [0.25, 0.3) is 0 Å². The molecule has 0 rings (SSSR count). The zero-order valence-electron chi connectivity index (χ0n) is 9.49. The molecule has 0 amide bonds. The van der Waals surface area contributed by atoms with Gasteiger partial charge in [0.2, 0.25) is 0 Å². The first-order valence-electron chi connectivity index (χ1n) is 3.97. The fourth-order valence-electron chi connectivity index (χ4n) is 0.572. The second-order valence-electron chi connectivity index (χ2n) is 2.73. The van der Waals surface area contributed by atoms with Gasteiger partial charge in [0.05, 0.1) is 0 Å². The van der Waals surface area contributed by atoms with Crippen molar-refractivity contribution in [1.82, 2.24) is 0 Å². The van der Waals surface area contributed by atoms with Crippen molar-refractivity contribution in [2.24, 2.45) is 0 Å². The van der Waals surface area contributed by atoms with E-state index in [4.69, 9.17) is 0 Å². The molecule has 0 N–H and O–H groups in total. The Morgan fingerprint density at radius 2 is 1.00 bits per heavy atom. The Hall–Kier alpha value is -0.00857. The summed E-state index contributed by atoms with van der Waals surface area (Å²) in [6.07, 6.45) is 2.11. The minimum absolute atomic E-state index is 0. The number of carbonyl (C=O) groups excluding carboxylic acids is 2. The van der Waals surface area contributed by atoms with Gasteiger partial charge in [0.25, 0.3) is 0 Å². The molecule has 0 spiro atoms. The molecule has 0 saturated heterocycles. The van der Waals surface area contributed by atoms with Gasteiger partial charge < -0.3 is 10.2 Å². The van der Waals surface area contributed by atoms with Crippen molar-refractivity contribution in [2.75, 3.05) is 0 Å². The van der Waals surface area contributed by atoms with Crippen LogP contribution in [0.5, 0.6) is 0 Å². The summed E-state index contributed by atoms with van der Waals surface area (Å²) >= 11 is 0. The van der Waals surface area contributed by atoms with Crippen molar-refractivity contribution in [3.05, 3.63) is 23.7 Å². The molecular formula is C10H14BaO4. The van der Waals surface area contributed by atoms with E-state index in [-0.39, 0.29) is 72.0 Å². The van der Waals surface area contributed by atoms with Crippen LogP contribution >= 0.6 is 0 Å². The summed E-state index contributed by atoms with van der Waals surface area (Å²) < 4.78 is 0. The molecule has 0 aliphatic carbocycles. The van der Waals surface area contributed by atoms with Crippen molar-refractivity contribution in [3.8, 4) is 0 Å². The number of hydrogen-bond donors (Lipinski definition) is 0. The maximum atomic E-state index is 9.98. The van der Waals surface area contributed by atoms with Crippen LogP contribution in [0, 0.1) is 0 Å². The number of carbonyl (C=O) groups is 2. The molecule has 0 aliphatic rings. The predicted octanol–water partition coefficient (Wildman–Crippen LogP) is -0.702. The molecule has 0 aliphatic heterocycles. The van der Waals surface area contributed by atoms with Gasteiger partial charge in [-0.25, -0.2) is 0 Å². The van der Waals surface area contributed by atoms with E-state index >= 15 is 0 Å². The summed E-state index contributed by atoms with van der Waals surface area (Å²) in [5, 5.41) is 20.0. The third kappa shape index (κ3) is 31.5. The zero-order chi connectivity index (χ0) is 11.7. The first-order valence-corrected chi connectivity index (χ1v) is 3.97. The number of allylic oxidation sites excluding steroid dienone is 4. The van der Waals surface area contributed by atoms with Crippen molar-refractivity contribution in [1.29, 1.82) is 0 Å². The molecule has 0 saturated carbocycles. The summed E-state index contributed by atoms with van der Waals surface area (Å²) in [6, 6.07) is 0. The fraction of sp³-hybridized carbons (Fsp3) is 0.400. The minimum atomic E-state index is -0.187. The van der Waals surface area contributed by atoms with Gasteiger partial charge in [-0.3, -0.25) is 9.59 Å². The second kappa shape index (κ2) is 12.1. The SMILES string of the molecule is CC(=O)/C=C(/C)[O-].CC(=O)/C=C(\C)[O-].[Ba+2]. The van der Waals surface area contributed by atoms with Crippen LogP contribution in [0.1, 0.15) is 27.7 Å². The Labute approximate surface area is 130 Å². The van der Waals surface area contributed by atoms with E-state index < -0.39 is 0 Å². The van der Waals surface area contributed by atoms with Gasteiger partial charge in [0.1, 0.15) is 0 Å². The van der Waals surface area contributed by atoms with Gasteiger partial charge in [-0.1, -0.05) is 13.8 Å². The van der Waals surface area contributed by atoms with Crippen LogP contribution in [-0.2, 0) is 9.59 Å². The predicted molar refractivity (Wildman–Crippen MR) is 54.6 cm³/mol. The van der Waals surface area contributed by atoms with E-state index in [0.717, 1.165) is 12.2 Å². The minimum Gasteiger partial charge on any atom is -0.876 e. The van der Waals surface area contributed by atoms with Crippen LogP contribution in [0.3, 0.4) is 0 Å². The van der Waals surface area contributed by atoms with Gasteiger partial charge >= 0.3 is 48.9 Å². The maximum absolute atomic E-state index is 9.98. The number of rotatable bonds is 2. The molecule has 15 heavy (non-hydrogen) atoms. The van der Waals surface area contributed by atoms with Crippen molar-refractivity contribution < 1.29 is 19.8 Å².